The number of para-hydroxylation sites is 1. The first-order chi connectivity index (χ1) is 7.12. The van der Waals surface area contributed by atoms with E-state index in [-0.39, 0.29) is 11.5 Å². The van der Waals surface area contributed by atoms with Crippen LogP contribution in [0.25, 0.3) is 0 Å². The summed E-state index contributed by atoms with van der Waals surface area (Å²) in [4.78, 5) is 0. The molecular weight excluding hydrogens is 186 g/mol. The molecule has 1 saturated carbocycles. The Hall–Kier alpha value is -1.02. The molecule has 2 heteroatoms. The highest BCUT2D eigenvalue weighted by Crippen LogP contribution is 2.53. The van der Waals surface area contributed by atoms with Crippen LogP contribution in [0.15, 0.2) is 18.2 Å². The summed E-state index contributed by atoms with van der Waals surface area (Å²) in [5, 5.41) is 10.2. The molecule has 1 fully saturated rings. The molecule has 0 amide bonds. The lowest BCUT2D eigenvalue weighted by Gasteiger charge is -2.22. The Labute approximate surface area is 91.1 Å². The van der Waals surface area contributed by atoms with Crippen LogP contribution in [0.2, 0.25) is 0 Å². The van der Waals surface area contributed by atoms with Crippen molar-refractivity contribution in [3.63, 3.8) is 0 Å². The van der Waals surface area contributed by atoms with Gasteiger partial charge < -0.3 is 10.8 Å². The Morgan fingerprint density at radius 1 is 1.47 bits per heavy atom. The van der Waals surface area contributed by atoms with Crippen LogP contribution in [0, 0.1) is 0 Å². The third kappa shape index (κ3) is 1.53. The zero-order valence-corrected chi connectivity index (χ0v) is 9.46. The predicted molar refractivity (Wildman–Crippen MR) is 62.0 cm³/mol. The molecule has 1 aliphatic rings. The van der Waals surface area contributed by atoms with E-state index >= 15 is 0 Å². The van der Waals surface area contributed by atoms with E-state index in [9.17, 15) is 5.11 Å². The van der Waals surface area contributed by atoms with Crippen molar-refractivity contribution in [1.29, 1.82) is 0 Å². The molecule has 1 atom stereocenters. The summed E-state index contributed by atoms with van der Waals surface area (Å²) in [7, 11) is 0. The van der Waals surface area contributed by atoms with Crippen molar-refractivity contribution in [3.05, 3.63) is 29.3 Å². The molecule has 2 nitrogen and oxygen atoms in total. The van der Waals surface area contributed by atoms with Gasteiger partial charge >= 0.3 is 0 Å². The van der Waals surface area contributed by atoms with Gasteiger partial charge in [-0.25, -0.2) is 0 Å². The van der Waals surface area contributed by atoms with E-state index in [1.54, 1.807) is 0 Å². The summed E-state index contributed by atoms with van der Waals surface area (Å²) in [6.45, 7) is 4.09. The SMILES string of the molecule is CCc1cccc(C2(C(C)N)CC2)c1O. The molecule has 0 heterocycles. The molecule has 3 N–H and O–H groups in total. The van der Waals surface area contributed by atoms with Crippen molar-refractivity contribution in [2.45, 2.75) is 44.6 Å². The fourth-order valence-electron chi connectivity index (χ4n) is 2.38. The highest BCUT2D eigenvalue weighted by molar-refractivity contribution is 5.48. The summed E-state index contributed by atoms with van der Waals surface area (Å²) in [6, 6.07) is 6.15. The lowest BCUT2D eigenvalue weighted by Crippen LogP contribution is -2.31. The van der Waals surface area contributed by atoms with Gasteiger partial charge in [-0.1, -0.05) is 25.1 Å². The Balaban J connectivity index is 2.45. The number of nitrogens with two attached hydrogens (primary N) is 1. The lowest BCUT2D eigenvalue weighted by atomic mass is 9.87. The molecule has 1 aromatic carbocycles. The van der Waals surface area contributed by atoms with Gasteiger partial charge in [-0.15, -0.1) is 0 Å². The molecule has 0 bridgehead atoms. The summed E-state index contributed by atoms with van der Waals surface area (Å²) >= 11 is 0. The normalized spacial score (nSPS) is 19.9. The summed E-state index contributed by atoms with van der Waals surface area (Å²) in [6.07, 6.45) is 3.07. The van der Waals surface area contributed by atoms with Crippen LogP contribution in [0.5, 0.6) is 5.75 Å². The van der Waals surface area contributed by atoms with Gasteiger partial charge in [-0.2, -0.15) is 0 Å². The highest BCUT2D eigenvalue weighted by Gasteiger charge is 2.49. The van der Waals surface area contributed by atoms with Crippen LogP contribution < -0.4 is 5.73 Å². The molecule has 1 aromatic rings. The second kappa shape index (κ2) is 3.53. The van der Waals surface area contributed by atoms with E-state index in [4.69, 9.17) is 5.73 Å². The number of rotatable bonds is 3. The van der Waals surface area contributed by atoms with E-state index < -0.39 is 0 Å². The van der Waals surface area contributed by atoms with Crippen molar-refractivity contribution in [2.75, 3.05) is 0 Å². The van der Waals surface area contributed by atoms with E-state index in [2.05, 4.69) is 6.92 Å². The number of benzene rings is 1. The number of hydrogen-bond acceptors (Lipinski definition) is 2. The molecule has 0 spiro atoms. The van der Waals surface area contributed by atoms with Gasteiger partial charge in [-0.3, -0.25) is 0 Å². The van der Waals surface area contributed by atoms with E-state index in [1.807, 2.05) is 25.1 Å². The zero-order valence-electron chi connectivity index (χ0n) is 9.46. The van der Waals surface area contributed by atoms with Gasteiger partial charge in [0.1, 0.15) is 5.75 Å². The third-order valence-electron chi connectivity index (χ3n) is 3.70. The van der Waals surface area contributed by atoms with Crippen LogP contribution >= 0.6 is 0 Å². The highest BCUT2D eigenvalue weighted by atomic mass is 16.3. The second-order valence-corrected chi connectivity index (χ2v) is 4.61. The van der Waals surface area contributed by atoms with Gasteiger partial charge in [0.05, 0.1) is 0 Å². The Morgan fingerprint density at radius 3 is 2.60 bits per heavy atom. The maximum Gasteiger partial charge on any atom is 0.122 e. The molecule has 0 saturated heterocycles. The van der Waals surface area contributed by atoms with Gasteiger partial charge in [0.2, 0.25) is 0 Å². The number of phenolic OH excluding ortho intramolecular Hbond substituents is 1. The van der Waals surface area contributed by atoms with E-state index in [1.165, 1.54) is 0 Å². The molecule has 0 aromatic heterocycles. The van der Waals surface area contributed by atoms with Crippen molar-refractivity contribution >= 4 is 0 Å². The van der Waals surface area contributed by atoms with Crippen molar-refractivity contribution in [3.8, 4) is 5.75 Å². The lowest BCUT2D eigenvalue weighted by molar-refractivity contribution is 0.441. The smallest absolute Gasteiger partial charge is 0.122 e. The topological polar surface area (TPSA) is 46.2 Å². The number of aromatic hydroxyl groups is 1. The molecule has 1 aliphatic carbocycles. The second-order valence-electron chi connectivity index (χ2n) is 4.61. The first-order valence-electron chi connectivity index (χ1n) is 5.68. The maximum atomic E-state index is 10.2. The van der Waals surface area contributed by atoms with Crippen molar-refractivity contribution in [2.24, 2.45) is 5.73 Å². The van der Waals surface area contributed by atoms with Crippen LogP contribution in [0.3, 0.4) is 0 Å². The fourth-order valence-corrected chi connectivity index (χ4v) is 2.38. The maximum absolute atomic E-state index is 10.2. The van der Waals surface area contributed by atoms with Gasteiger partial charge in [0.15, 0.2) is 0 Å². The van der Waals surface area contributed by atoms with Crippen molar-refractivity contribution in [1.82, 2.24) is 0 Å². The Morgan fingerprint density at radius 2 is 2.13 bits per heavy atom. The molecule has 15 heavy (non-hydrogen) atoms. The first kappa shape index (κ1) is 10.5. The summed E-state index contributed by atoms with van der Waals surface area (Å²) < 4.78 is 0. The molecule has 0 aliphatic heterocycles. The first-order valence-corrected chi connectivity index (χ1v) is 5.68. The number of phenols is 1. The van der Waals surface area contributed by atoms with E-state index in [0.29, 0.717) is 5.75 Å². The average molecular weight is 205 g/mol. The quantitative estimate of drug-likeness (QED) is 0.795. The van der Waals surface area contributed by atoms with Crippen LogP contribution in [0.1, 0.15) is 37.8 Å². The minimum atomic E-state index is 0.0509. The predicted octanol–water partition coefficient (Wildman–Crippen LogP) is 2.33. The Bertz CT molecular complexity index is 367. The van der Waals surface area contributed by atoms with Crippen LogP contribution in [0.4, 0.5) is 0 Å². The molecule has 1 unspecified atom stereocenters. The van der Waals surface area contributed by atoms with E-state index in [0.717, 1.165) is 30.4 Å². The Kier molecular flexibility index (Phi) is 2.47. The van der Waals surface area contributed by atoms with Gasteiger partial charge in [0, 0.05) is 17.0 Å². The van der Waals surface area contributed by atoms with Crippen LogP contribution in [-0.4, -0.2) is 11.1 Å². The van der Waals surface area contributed by atoms with Crippen LogP contribution in [-0.2, 0) is 11.8 Å². The molecule has 0 radical (unpaired) electrons. The molecule has 82 valence electrons. The fraction of sp³-hybridized carbons (Fsp3) is 0.538. The average Bonchev–Trinajstić information content (AvgIpc) is 2.99. The third-order valence-corrected chi connectivity index (χ3v) is 3.70. The molecule has 2 rings (SSSR count). The monoisotopic (exact) mass is 205 g/mol. The van der Waals surface area contributed by atoms with Crippen molar-refractivity contribution < 1.29 is 5.11 Å². The number of hydrogen-bond donors (Lipinski definition) is 2. The molecular formula is C13H19NO. The minimum Gasteiger partial charge on any atom is -0.507 e. The largest absolute Gasteiger partial charge is 0.507 e. The summed E-state index contributed by atoms with van der Waals surface area (Å²) in [5.74, 6) is 0.467. The minimum absolute atomic E-state index is 0.0509. The summed E-state index contributed by atoms with van der Waals surface area (Å²) in [5.41, 5.74) is 8.14. The zero-order chi connectivity index (χ0) is 11.1. The van der Waals surface area contributed by atoms with Gasteiger partial charge in [-0.05, 0) is 31.7 Å². The number of aryl methyl sites for hydroxylation is 1. The van der Waals surface area contributed by atoms with Gasteiger partial charge in [0.25, 0.3) is 0 Å². The standard InChI is InChI=1S/C13H19NO/c1-3-10-5-4-6-11(12(10)15)13(7-8-13)9(2)14/h4-6,9,15H,3,7-8,14H2,1-2H3.